The average molecular weight is 455 g/mol. The Kier molecular flexibility index (Phi) is 7.26. The van der Waals surface area contributed by atoms with Crippen LogP contribution in [0.15, 0.2) is 53.0 Å². The summed E-state index contributed by atoms with van der Waals surface area (Å²) in [4.78, 5) is 12.6. The van der Waals surface area contributed by atoms with Crippen molar-refractivity contribution in [1.29, 1.82) is 0 Å². The number of hydrogen-bond acceptors (Lipinski definition) is 4. The number of sulfonamides is 1. The summed E-state index contributed by atoms with van der Waals surface area (Å²) in [6.45, 7) is 1.67. The van der Waals surface area contributed by atoms with Crippen molar-refractivity contribution in [2.24, 2.45) is 0 Å². The molecule has 0 fully saturated rings. The van der Waals surface area contributed by atoms with E-state index in [2.05, 4.69) is 21.2 Å². The standard InChI is InChI=1S/C19H23BrN2O4S/c1-4-18(14-8-10-17(26-2)11-9-14)21-19(23)13-22(27(3,24)25)16-7-5-6-15(20)12-16/h5-12,18H,4,13H2,1-3H3,(H,21,23)/t18-/m0/s1. The summed E-state index contributed by atoms with van der Waals surface area (Å²) in [6, 6.07) is 14.0. The largest absolute Gasteiger partial charge is 0.497 e. The lowest BCUT2D eigenvalue weighted by molar-refractivity contribution is -0.120. The molecule has 0 saturated carbocycles. The molecule has 1 atom stereocenters. The summed E-state index contributed by atoms with van der Waals surface area (Å²) in [5.74, 6) is 0.362. The number of carbonyl (C=O) groups excluding carboxylic acids is 1. The molecule has 2 aromatic carbocycles. The fourth-order valence-electron chi connectivity index (χ4n) is 2.66. The second-order valence-electron chi connectivity index (χ2n) is 6.05. The molecule has 0 heterocycles. The zero-order valence-electron chi connectivity index (χ0n) is 15.5. The van der Waals surface area contributed by atoms with E-state index in [1.54, 1.807) is 31.4 Å². The van der Waals surface area contributed by atoms with Crippen molar-refractivity contribution >= 4 is 37.5 Å². The van der Waals surface area contributed by atoms with Gasteiger partial charge < -0.3 is 10.1 Å². The number of hydrogen-bond donors (Lipinski definition) is 1. The highest BCUT2D eigenvalue weighted by Gasteiger charge is 2.22. The van der Waals surface area contributed by atoms with Crippen LogP contribution in [0.1, 0.15) is 24.9 Å². The molecule has 8 heteroatoms. The molecule has 2 aromatic rings. The van der Waals surface area contributed by atoms with Gasteiger partial charge in [0.2, 0.25) is 15.9 Å². The molecule has 0 spiro atoms. The number of halogens is 1. The SMILES string of the molecule is CC[C@H](NC(=O)CN(c1cccc(Br)c1)S(C)(=O)=O)c1ccc(OC)cc1. The lowest BCUT2D eigenvalue weighted by Crippen LogP contribution is -2.41. The van der Waals surface area contributed by atoms with E-state index in [9.17, 15) is 13.2 Å². The number of ether oxygens (including phenoxy) is 1. The minimum absolute atomic E-state index is 0.215. The minimum atomic E-state index is -3.61. The van der Waals surface area contributed by atoms with Gasteiger partial charge in [-0.05, 0) is 42.3 Å². The van der Waals surface area contributed by atoms with E-state index in [1.807, 2.05) is 31.2 Å². The van der Waals surface area contributed by atoms with Gasteiger partial charge in [-0.25, -0.2) is 8.42 Å². The lowest BCUT2D eigenvalue weighted by atomic mass is 10.0. The van der Waals surface area contributed by atoms with E-state index in [0.717, 1.165) is 26.3 Å². The zero-order valence-corrected chi connectivity index (χ0v) is 17.9. The normalized spacial score (nSPS) is 12.3. The molecule has 0 saturated heterocycles. The van der Waals surface area contributed by atoms with Gasteiger partial charge in [-0.1, -0.05) is 41.1 Å². The molecule has 1 amide bonds. The lowest BCUT2D eigenvalue weighted by Gasteiger charge is -2.24. The van der Waals surface area contributed by atoms with Crippen molar-refractivity contribution in [1.82, 2.24) is 5.32 Å². The smallest absolute Gasteiger partial charge is 0.241 e. The number of amides is 1. The molecule has 0 aromatic heterocycles. The van der Waals surface area contributed by atoms with E-state index in [0.29, 0.717) is 12.1 Å². The summed E-state index contributed by atoms with van der Waals surface area (Å²) < 4.78 is 31.4. The summed E-state index contributed by atoms with van der Waals surface area (Å²) >= 11 is 3.32. The third-order valence-corrected chi connectivity index (χ3v) is 5.68. The van der Waals surface area contributed by atoms with Crippen LogP contribution in [-0.4, -0.2) is 34.2 Å². The van der Waals surface area contributed by atoms with Gasteiger partial charge in [0.05, 0.1) is 25.1 Å². The number of methoxy groups -OCH3 is 1. The number of carbonyl (C=O) groups is 1. The first-order chi connectivity index (χ1) is 12.7. The average Bonchev–Trinajstić information content (AvgIpc) is 2.63. The first-order valence-electron chi connectivity index (χ1n) is 8.41. The van der Waals surface area contributed by atoms with Crippen LogP contribution >= 0.6 is 15.9 Å². The Labute approximate surface area is 168 Å². The van der Waals surface area contributed by atoms with Crippen LogP contribution in [0.2, 0.25) is 0 Å². The molecule has 27 heavy (non-hydrogen) atoms. The summed E-state index contributed by atoms with van der Waals surface area (Å²) in [7, 11) is -2.02. The van der Waals surface area contributed by atoms with E-state index in [-0.39, 0.29) is 18.5 Å². The van der Waals surface area contributed by atoms with Crippen LogP contribution in [0.5, 0.6) is 5.75 Å². The van der Waals surface area contributed by atoms with Crippen LogP contribution in [0.25, 0.3) is 0 Å². The van der Waals surface area contributed by atoms with Gasteiger partial charge >= 0.3 is 0 Å². The van der Waals surface area contributed by atoms with Gasteiger partial charge in [0.15, 0.2) is 0 Å². The van der Waals surface area contributed by atoms with Crippen molar-refractivity contribution in [3.8, 4) is 5.75 Å². The van der Waals surface area contributed by atoms with Crippen molar-refractivity contribution in [2.45, 2.75) is 19.4 Å². The van der Waals surface area contributed by atoms with Crippen LogP contribution in [-0.2, 0) is 14.8 Å². The highest BCUT2D eigenvalue weighted by Crippen LogP contribution is 2.23. The summed E-state index contributed by atoms with van der Waals surface area (Å²) in [5, 5.41) is 2.91. The Morgan fingerprint density at radius 2 is 1.89 bits per heavy atom. The molecular formula is C19H23BrN2O4S. The zero-order chi connectivity index (χ0) is 20.0. The highest BCUT2D eigenvalue weighted by atomic mass is 79.9. The van der Waals surface area contributed by atoms with E-state index < -0.39 is 10.0 Å². The van der Waals surface area contributed by atoms with E-state index in [1.165, 1.54) is 0 Å². The predicted molar refractivity (Wildman–Crippen MR) is 111 cm³/mol. The fraction of sp³-hybridized carbons (Fsp3) is 0.316. The first-order valence-corrected chi connectivity index (χ1v) is 11.0. The van der Waals surface area contributed by atoms with Gasteiger partial charge in [-0.3, -0.25) is 9.10 Å². The Bertz CT molecular complexity index is 885. The second kappa shape index (κ2) is 9.23. The van der Waals surface area contributed by atoms with Crippen LogP contribution in [0.4, 0.5) is 5.69 Å². The van der Waals surface area contributed by atoms with E-state index in [4.69, 9.17) is 4.74 Å². The molecule has 0 aliphatic heterocycles. The number of anilines is 1. The van der Waals surface area contributed by atoms with Crippen LogP contribution in [0, 0.1) is 0 Å². The summed E-state index contributed by atoms with van der Waals surface area (Å²) in [5.41, 5.74) is 1.36. The molecule has 0 unspecified atom stereocenters. The summed E-state index contributed by atoms with van der Waals surface area (Å²) in [6.07, 6.45) is 1.76. The predicted octanol–water partition coefficient (Wildman–Crippen LogP) is 3.49. The minimum Gasteiger partial charge on any atom is -0.497 e. The van der Waals surface area contributed by atoms with Crippen LogP contribution < -0.4 is 14.4 Å². The molecule has 6 nitrogen and oxygen atoms in total. The van der Waals surface area contributed by atoms with Crippen molar-refractivity contribution in [3.05, 3.63) is 58.6 Å². The third kappa shape index (κ3) is 5.97. The van der Waals surface area contributed by atoms with Gasteiger partial charge in [0.1, 0.15) is 12.3 Å². The Morgan fingerprint density at radius 3 is 2.41 bits per heavy atom. The van der Waals surface area contributed by atoms with Crippen molar-refractivity contribution < 1.29 is 17.9 Å². The van der Waals surface area contributed by atoms with Gasteiger partial charge in [-0.15, -0.1) is 0 Å². The molecule has 1 N–H and O–H groups in total. The molecule has 0 aliphatic rings. The van der Waals surface area contributed by atoms with Gasteiger partial charge in [0, 0.05) is 4.47 Å². The maximum atomic E-state index is 12.6. The monoisotopic (exact) mass is 454 g/mol. The van der Waals surface area contributed by atoms with Crippen molar-refractivity contribution in [2.75, 3.05) is 24.2 Å². The fourth-order valence-corrected chi connectivity index (χ4v) is 3.89. The molecular weight excluding hydrogens is 432 g/mol. The highest BCUT2D eigenvalue weighted by molar-refractivity contribution is 9.10. The number of nitrogens with zero attached hydrogens (tertiary/aromatic N) is 1. The number of nitrogens with one attached hydrogen (secondary N) is 1. The molecule has 146 valence electrons. The molecule has 0 aliphatic carbocycles. The second-order valence-corrected chi connectivity index (χ2v) is 8.87. The maximum absolute atomic E-state index is 12.6. The Balaban J connectivity index is 2.16. The molecule has 0 bridgehead atoms. The number of rotatable bonds is 8. The molecule has 2 rings (SSSR count). The number of benzene rings is 2. The van der Waals surface area contributed by atoms with Gasteiger partial charge in [0.25, 0.3) is 0 Å². The Hall–Kier alpha value is -2.06. The van der Waals surface area contributed by atoms with E-state index >= 15 is 0 Å². The van der Waals surface area contributed by atoms with Crippen molar-refractivity contribution in [3.63, 3.8) is 0 Å². The first kappa shape index (κ1) is 21.2. The topological polar surface area (TPSA) is 75.7 Å². The maximum Gasteiger partial charge on any atom is 0.241 e. The molecule has 0 radical (unpaired) electrons. The van der Waals surface area contributed by atoms with Crippen LogP contribution in [0.3, 0.4) is 0 Å². The quantitative estimate of drug-likeness (QED) is 0.661. The van der Waals surface area contributed by atoms with Gasteiger partial charge in [-0.2, -0.15) is 0 Å². The Morgan fingerprint density at radius 1 is 1.22 bits per heavy atom. The third-order valence-electron chi connectivity index (χ3n) is 4.05.